The molecule has 1 fully saturated rings. The molecule has 7 heteroatoms. The maximum atomic E-state index is 12.6. The van der Waals surface area contributed by atoms with Crippen molar-refractivity contribution in [1.82, 2.24) is 15.2 Å². The fraction of sp³-hybridized carbons (Fsp3) is 0.478. The van der Waals surface area contributed by atoms with Crippen molar-refractivity contribution in [3.05, 3.63) is 53.3 Å². The number of benzene rings is 1. The molecule has 0 unspecified atom stereocenters. The minimum atomic E-state index is -0.173. The summed E-state index contributed by atoms with van der Waals surface area (Å²) in [6.45, 7) is 5.64. The van der Waals surface area contributed by atoms with Crippen molar-refractivity contribution in [3.8, 4) is 11.5 Å². The Bertz CT molecular complexity index is 835. The molecule has 0 atom stereocenters. The smallest absolute Gasteiger partial charge is 0.255 e. The third kappa shape index (κ3) is 6.18. The number of piperidine rings is 1. The van der Waals surface area contributed by atoms with E-state index in [0.29, 0.717) is 30.2 Å². The van der Waals surface area contributed by atoms with Crippen LogP contribution >= 0.6 is 0 Å². The van der Waals surface area contributed by atoms with E-state index < -0.39 is 0 Å². The number of hydrogen-bond donors (Lipinski definition) is 1. The van der Waals surface area contributed by atoms with Crippen LogP contribution in [0.2, 0.25) is 0 Å². The van der Waals surface area contributed by atoms with Gasteiger partial charge in [-0.25, -0.2) is 0 Å². The predicted molar refractivity (Wildman–Crippen MR) is 115 cm³/mol. The number of ether oxygens (including phenoxy) is 3. The summed E-state index contributed by atoms with van der Waals surface area (Å²) in [5, 5.41) is 2.85. The van der Waals surface area contributed by atoms with E-state index in [2.05, 4.69) is 27.3 Å². The van der Waals surface area contributed by atoms with Crippen LogP contribution in [0.5, 0.6) is 11.5 Å². The molecule has 2 aromatic rings. The van der Waals surface area contributed by atoms with Gasteiger partial charge in [0.15, 0.2) is 0 Å². The number of nitrogens with zero attached hydrogens (tertiary/aromatic N) is 2. The second-order valence-corrected chi connectivity index (χ2v) is 7.47. The average Bonchev–Trinajstić information content (AvgIpc) is 2.75. The molecule has 0 spiro atoms. The molecule has 1 aromatic carbocycles. The molecule has 0 aliphatic carbocycles. The molecule has 7 nitrogen and oxygen atoms in total. The largest absolute Gasteiger partial charge is 0.497 e. The van der Waals surface area contributed by atoms with Gasteiger partial charge in [0.05, 0.1) is 25.0 Å². The number of hydrogen-bond acceptors (Lipinski definition) is 6. The van der Waals surface area contributed by atoms with Gasteiger partial charge in [0.25, 0.3) is 5.91 Å². The summed E-state index contributed by atoms with van der Waals surface area (Å²) in [6.07, 6.45) is 1.85. The Hall–Kier alpha value is -2.64. The van der Waals surface area contributed by atoms with Gasteiger partial charge < -0.3 is 19.5 Å². The number of carbonyl (C=O) groups excluding carboxylic acids is 1. The van der Waals surface area contributed by atoms with E-state index >= 15 is 0 Å². The Morgan fingerprint density at radius 3 is 2.70 bits per heavy atom. The number of amides is 1. The highest BCUT2D eigenvalue weighted by Gasteiger charge is 2.23. The Labute approximate surface area is 178 Å². The van der Waals surface area contributed by atoms with Crippen LogP contribution in [0.4, 0.5) is 0 Å². The molecule has 1 aliphatic heterocycles. The van der Waals surface area contributed by atoms with Crippen molar-refractivity contribution in [2.45, 2.75) is 32.4 Å². The molecular formula is C23H31N3O4. The molecule has 0 bridgehead atoms. The minimum Gasteiger partial charge on any atom is -0.497 e. The number of carbonyl (C=O) groups is 1. The number of aryl methyl sites for hydroxylation is 1. The topological polar surface area (TPSA) is 72.9 Å². The van der Waals surface area contributed by atoms with Crippen LogP contribution in [0.25, 0.3) is 0 Å². The van der Waals surface area contributed by atoms with Gasteiger partial charge in [0.1, 0.15) is 17.6 Å². The molecule has 2 heterocycles. The molecule has 1 amide bonds. The van der Waals surface area contributed by atoms with E-state index in [-0.39, 0.29) is 12.0 Å². The number of likely N-dealkylation sites (tertiary alicyclic amines) is 1. The third-order valence-electron chi connectivity index (χ3n) is 5.18. The zero-order valence-corrected chi connectivity index (χ0v) is 18.0. The van der Waals surface area contributed by atoms with Gasteiger partial charge in [-0.2, -0.15) is 0 Å². The molecule has 0 radical (unpaired) electrons. The van der Waals surface area contributed by atoms with Crippen LogP contribution in [-0.2, 0) is 11.3 Å². The lowest BCUT2D eigenvalue weighted by molar-refractivity contribution is 0.0878. The van der Waals surface area contributed by atoms with Crippen molar-refractivity contribution in [2.75, 3.05) is 40.5 Å². The van der Waals surface area contributed by atoms with E-state index in [9.17, 15) is 4.79 Å². The summed E-state index contributed by atoms with van der Waals surface area (Å²) < 4.78 is 16.6. The molecule has 1 aromatic heterocycles. The summed E-state index contributed by atoms with van der Waals surface area (Å²) in [5.41, 5.74) is 2.65. The quantitative estimate of drug-likeness (QED) is 0.638. The van der Waals surface area contributed by atoms with Crippen molar-refractivity contribution in [2.24, 2.45) is 0 Å². The molecule has 1 N–H and O–H groups in total. The van der Waals surface area contributed by atoms with E-state index in [1.807, 2.05) is 13.0 Å². The highest BCUT2D eigenvalue weighted by Crippen LogP contribution is 2.28. The van der Waals surface area contributed by atoms with Crippen LogP contribution in [0, 0.1) is 6.92 Å². The first-order valence-electron chi connectivity index (χ1n) is 10.4. The number of pyridine rings is 1. The highest BCUT2D eigenvalue weighted by molar-refractivity contribution is 5.97. The SMILES string of the molecule is COCCNC(=O)c1ccc(OC)cc1OC1CCN(Cc2cccc(C)n2)CC1. The van der Waals surface area contributed by atoms with Crippen molar-refractivity contribution in [1.29, 1.82) is 0 Å². The molecule has 30 heavy (non-hydrogen) atoms. The molecule has 1 saturated heterocycles. The molecule has 0 saturated carbocycles. The van der Waals surface area contributed by atoms with Gasteiger partial charge >= 0.3 is 0 Å². The number of nitrogens with one attached hydrogen (secondary N) is 1. The lowest BCUT2D eigenvalue weighted by Crippen LogP contribution is -2.38. The van der Waals surface area contributed by atoms with E-state index in [4.69, 9.17) is 14.2 Å². The molecule has 162 valence electrons. The Morgan fingerprint density at radius 2 is 2.00 bits per heavy atom. The molecular weight excluding hydrogens is 382 g/mol. The minimum absolute atomic E-state index is 0.0596. The zero-order valence-electron chi connectivity index (χ0n) is 18.0. The lowest BCUT2D eigenvalue weighted by Gasteiger charge is -2.32. The average molecular weight is 414 g/mol. The van der Waals surface area contributed by atoms with Crippen molar-refractivity contribution >= 4 is 5.91 Å². The molecule has 1 aliphatic rings. The fourth-order valence-corrected chi connectivity index (χ4v) is 3.56. The van der Waals surface area contributed by atoms with Gasteiger partial charge in [-0.05, 0) is 44.0 Å². The first-order chi connectivity index (χ1) is 14.6. The van der Waals surface area contributed by atoms with E-state index in [1.54, 1.807) is 32.4 Å². The van der Waals surface area contributed by atoms with Crippen LogP contribution in [0.15, 0.2) is 36.4 Å². The van der Waals surface area contributed by atoms with E-state index in [0.717, 1.165) is 43.9 Å². The molecule has 3 rings (SSSR count). The van der Waals surface area contributed by atoms with Gasteiger partial charge in [-0.3, -0.25) is 14.7 Å². The second kappa shape index (κ2) is 10.9. The summed E-state index contributed by atoms with van der Waals surface area (Å²) in [5.74, 6) is 1.05. The normalized spacial score (nSPS) is 15.0. The standard InChI is InChI=1S/C23H31N3O4/c1-17-5-4-6-18(25-17)16-26-12-9-19(10-13-26)30-22-15-20(29-3)7-8-21(22)23(27)24-11-14-28-2/h4-8,15,19H,9-14,16H2,1-3H3,(H,24,27). The lowest BCUT2D eigenvalue weighted by atomic mass is 10.1. The Morgan fingerprint density at radius 1 is 1.20 bits per heavy atom. The highest BCUT2D eigenvalue weighted by atomic mass is 16.5. The summed E-state index contributed by atoms with van der Waals surface area (Å²) in [6, 6.07) is 11.4. The van der Waals surface area contributed by atoms with Gasteiger partial charge in [-0.15, -0.1) is 0 Å². The Balaban J connectivity index is 1.59. The van der Waals surface area contributed by atoms with Crippen molar-refractivity contribution < 1.29 is 19.0 Å². The summed E-state index contributed by atoms with van der Waals surface area (Å²) >= 11 is 0. The van der Waals surface area contributed by atoms with Crippen LogP contribution in [0.3, 0.4) is 0 Å². The van der Waals surface area contributed by atoms with Gasteiger partial charge in [0.2, 0.25) is 0 Å². The van der Waals surface area contributed by atoms with Crippen molar-refractivity contribution in [3.63, 3.8) is 0 Å². The number of aromatic nitrogens is 1. The second-order valence-electron chi connectivity index (χ2n) is 7.47. The Kier molecular flexibility index (Phi) is 8.04. The maximum absolute atomic E-state index is 12.6. The van der Waals surface area contributed by atoms with Crippen LogP contribution in [0.1, 0.15) is 34.6 Å². The first kappa shape index (κ1) is 22.1. The number of rotatable bonds is 9. The third-order valence-corrected chi connectivity index (χ3v) is 5.18. The monoisotopic (exact) mass is 413 g/mol. The van der Waals surface area contributed by atoms with Crippen LogP contribution < -0.4 is 14.8 Å². The van der Waals surface area contributed by atoms with Gasteiger partial charge in [0, 0.05) is 45.0 Å². The zero-order chi connectivity index (χ0) is 21.3. The van der Waals surface area contributed by atoms with Gasteiger partial charge in [-0.1, -0.05) is 6.07 Å². The first-order valence-corrected chi connectivity index (χ1v) is 10.4. The fourth-order valence-electron chi connectivity index (χ4n) is 3.56. The van der Waals surface area contributed by atoms with Crippen LogP contribution in [-0.4, -0.2) is 62.4 Å². The van der Waals surface area contributed by atoms with E-state index in [1.165, 1.54) is 0 Å². The summed E-state index contributed by atoms with van der Waals surface area (Å²) in [7, 11) is 3.21. The number of methoxy groups -OCH3 is 2. The predicted octanol–water partition coefficient (Wildman–Crippen LogP) is 2.82. The maximum Gasteiger partial charge on any atom is 0.255 e. The summed E-state index contributed by atoms with van der Waals surface area (Å²) in [4.78, 5) is 19.6.